The Balaban J connectivity index is 1.28. The van der Waals surface area contributed by atoms with Gasteiger partial charge in [-0.05, 0) is 24.3 Å². The predicted molar refractivity (Wildman–Crippen MR) is 102 cm³/mol. The average molecular weight is 389 g/mol. The first-order valence-corrected chi connectivity index (χ1v) is 9.35. The van der Waals surface area contributed by atoms with E-state index in [1.54, 1.807) is 6.07 Å². The second kappa shape index (κ2) is 8.12. The zero-order valence-corrected chi connectivity index (χ0v) is 15.6. The van der Waals surface area contributed by atoms with Crippen LogP contribution in [0.5, 0.6) is 0 Å². The van der Waals surface area contributed by atoms with Gasteiger partial charge in [0.1, 0.15) is 17.8 Å². The number of H-pyrrole nitrogens is 1. The highest BCUT2D eigenvalue weighted by Crippen LogP contribution is 2.17. The third-order valence-corrected chi connectivity index (χ3v) is 4.77. The van der Waals surface area contributed by atoms with Crippen molar-refractivity contribution < 1.29 is 13.9 Å². The smallest absolute Gasteiger partial charge is 0.254 e. The molecule has 7 nitrogen and oxygen atoms in total. The monoisotopic (exact) mass is 388 g/mol. The third kappa shape index (κ3) is 4.50. The highest BCUT2D eigenvalue weighted by Gasteiger charge is 2.15. The fraction of sp³-hybridized carbons (Fsp3) is 0.368. The van der Waals surface area contributed by atoms with E-state index in [0.717, 1.165) is 48.9 Å². The Labute approximate surface area is 161 Å². The summed E-state index contributed by atoms with van der Waals surface area (Å²) in [5.41, 5.74) is 2.30. The van der Waals surface area contributed by atoms with Gasteiger partial charge in [0.2, 0.25) is 0 Å². The molecule has 3 aromatic rings. The number of amides is 1. The maximum Gasteiger partial charge on any atom is 0.254 e. The molecule has 1 aliphatic rings. The second-order valence-electron chi connectivity index (χ2n) is 6.54. The number of carbonyl (C=O) groups excluding carboxylic acids is 1. The lowest BCUT2D eigenvalue weighted by molar-refractivity contribution is 0.0313. The largest absolute Gasteiger partial charge is 0.467 e. The number of morpholine rings is 1. The van der Waals surface area contributed by atoms with E-state index in [1.807, 2.05) is 18.2 Å². The molecule has 0 saturated carbocycles. The van der Waals surface area contributed by atoms with Crippen molar-refractivity contribution in [3.05, 3.63) is 52.7 Å². The van der Waals surface area contributed by atoms with Crippen LogP contribution in [-0.4, -0.2) is 53.6 Å². The number of furan rings is 1. The zero-order chi connectivity index (χ0) is 18.6. The van der Waals surface area contributed by atoms with Crippen molar-refractivity contribution in [3.63, 3.8) is 0 Å². The number of nitrogens with one attached hydrogen (secondary N) is 2. The van der Waals surface area contributed by atoms with E-state index in [-0.39, 0.29) is 5.91 Å². The van der Waals surface area contributed by atoms with Crippen molar-refractivity contribution >= 4 is 28.5 Å². The highest BCUT2D eigenvalue weighted by molar-refractivity contribution is 6.31. The first-order valence-electron chi connectivity index (χ1n) is 8.97. The molecule has 0 aliphatic carbocycles. The van der Waals surface area contributed by atoms with E-state index < -0.39 is 0 Å². The van der Waals surface area contributed by atoms with Crippen LogP contribution in [0, 0.1) is 0 Å². The van der Waals surface area contributed by atoms with Crippen LogP contribution in [-0.2, 0) is 17.7 Å². The molecule has 1 amide bonds. The Morgan fingerprint density at radius 3 is 3.00 bits per heavy atom. The van der Waals surface area contributed by atoms with Crippen LogP contribution < -0.4 is 5.32 Å². The number of carbonyl (C=O) groups is 1. The van der Waals surface area contributed by atoms with Crippen molar-refractivity contribution in [3.8, 4) is 0 Å². The van der Waals surface area contributed by atoms with Gasteiger partial charge in [-0.2, -0.15) is 0 Å². The van der Waals surface area contributed by atoms with E-state index in [4.69, 9.17) is 20.8 Å². The van der Waals surface area contributed by atoms with Crippen LogP contribution >= 0.6 is 11.6 Å². The summed E-state index contributed by atoms with van der Waals surface area (Å²) in [4.78, 5) is 22.3. The Kier molecular flexibility index (Phi) is 5.42. The van der Waals surface area contributed by atoms with Crippen LogP contribution in [0.4, 0.5) is 0 Å². The molecule has 1 aliphatic heterocycles. The first-order chi connectivity index (χ1) is 13.2. The molecule has 8 heteroatoms. The lowest BCUT2D eigenvalue weighted by Crippen LogP contribution is -2.35. The van der Waals surface area contributed by atoms with Crippen LogP contribution in [0.1, 0.15) is 21.9 Å². The molecule has 3 heterocycles. The second-order valence-corrected chi connectivity index (χ2v) is 6.98. The number of rotatable bonds is 6. The molecule has 142 valence electrons. The van der Waals surface area contributed by atoms with Crippen LogP contribution in [0.3, 0.4) is 0 Å². The summed E-state index contributed by atoms with van der Waals surface area (Å²) in [6, 6.07) is 7.32. The number of aromatic amines is 1. The fourth-order valence-corrected chi connectivity index (χ4v) is 3.28. The third-order valence-electron chi connectivity index (χ3n) is 4.54. The molecular formula is C19H21ClN4O3. The lowest BCUT2D eigenvalue weighted by atomic mass is 10.2. The Bertz CT molecular complexity index is 930. The number of nitrogens with zero attached hydrogens (tertiary/aromatic N) is 2. The lowest BCUT2D eigenvalue weighted by Gasteiger charge is -2.25. The zero-order valence-electron chi connectivity index (χ0n) is 14.8. The summed E-state index contributed by atoms with van der Waals surface area (Å²) in [6.07, 6.45) is 2.12. The van der Waals surface area contributed by atoms with Gasteiger partial charge in [0.15, 0.2) is 0 Å². The van der Waals surface area contributed by atoms with Gasteiger partial charge in [0, 0.05) is 31.1 Å². The van der Waals surface area contributed by atoms with Crippen molar-refractivity contribution in [2.45, 2.75) is 13.0 Å². The van der Waals surface area contributed by atoms with Crippen LogP contribution in [0.15, 0.2) is 34.9 Å². The molecule has 1 aromatic carbocycles. The predicted octanol–water partition coefficient (Wildman–Crippen LogP) is 2.61. The molecule has 0 radical (unpaired) electrons. The average Bonchev–Trinajstić information content (AvgIpc) is 3.29. The Morgan fingerprint density at radius 1 is 1.30 bits per heavy atom. The van der Waals surface area contributed by atoms with E-state index in [2.05, 4.69) is 20.2 Å². The molecule has 2 N–H and O–H groups in total. The maximum atomic E-state index is 12.3. The minimum absolute atomic E-state index is 0.147. The van der Waals surface area contributed by atoms with Gasteiger partial charge in [0.05, 0.1) is 36.4 Å². The highest BCUT2D eigenvalue weighted by atomic mass is 35.5. The quantitative estimate of drug-likeness (QED) is 0.678. The summed E-state index contributed by atoms with van der Waals surface area (Å²) in [6.45, 7) is 4.41. The standard InChI is InChI=1S/C19H21ClN4O3/c20-14-1-2-16-17(10-14)23-18(22-16)3-4-21-19(25)13-9-15(27-12-13)11-24-5-7-26-8-6-24/h1-2,9-10,12H,3-8,11H2,(H,21,25)(H,22,23). The molecule has 0 bridgehead atoms. The molecule has 0 spiro atoms. The summed E-state index contributed by atoms with van der Waals surface area (Å²) in [5.74, 6) is 1.45. The van der Waals surface area contributed by atoms with Gasteiger partial charge < -0.3 is 19.5 Å². The van der Waals surface area contributed by atoms with Crippen LogP contribution in [0.2, 0.25) is 5.02 Å². The van der Waals surface area contributed by atoms with Gasteiger partial charge in [-0.3, -0.25) is 9.69 Å². The molecule has 1 saturated heterocycles. The molecule has 1 fully saturated rings. The van der Waals surface area contributed by atoms with Crippen molar-refractivity contribution in [1.82, 2.24) is 20.2 Å². The molecule has 0 unspecified atom stereocenters. The summed E-state index contributed by atoms with van der Waals surface area (Å²) >= 11 is 5.98. The minimum atomic E-state index is -0.147. The Hall–Kier alpha value is -2.35. The topological polar surface area (TPSA) is 83.4 Å². The molecule has 4 rings (SSSR count). The van der Waals surface area contributed by atoms with Crippen LogP contribution in [0.25, 0.3) is 11.0 Å². The van der Waals surface area contributed by atoms with E-state index in [1.165, 1.54) is 6.26 Å². The Morgan fingerprint density at radius 2 is 2.15 bits per heavy atom. The maximum absolute atomic E-state index is 12.3. The minimum Gasteiger partial charge on any atom is -0.467 e. The summed E-state index contributed by atoms with van der Waals surface area (Å²) < 4.78 is 10.9. The fourth-order valence-electron chi connectivity index (χ4n) is 3.11. The number of aromatic nitrogens is 2. The summed E-state index contributed by atoms with van der Waals surface area (Å²) in [5, 5.41) is 3.57. The van der Waals surface area contributed by atoms with Crippen molar-refractivity contribution in [1.29, 1.82) is 0 Å². The molecular weight excluding hydrogens is 368 g/mol. The number of fused-ring (bicyclic) bond motifs is 1. The number of benzene rings is 1. The van der Waals surface area contributed by atoms with E-state index in [0.29, 0.717) is 30.1 Å². The van der Waals surface area contributed by atoms with Crippen molar-refractivity contribution in [2.75, 3.05) is 32.8 Å². The van der Waals surface area contributed by atoms with Gasteiger partial charge in [-0.15, -0.1) is 0 Å². The SMILES string of the molecule is O=C(NCCc1nc2ccc(Cl)cc2[nH]1)c1coc(CN2CCOCC2)c1. The number of ether oxygens (including phenoxy) is 1. The van der Waals surface area contributed by atoms with E-state index >= 15 is 0 Å². The molecule has 0 atom stereocenters. The first kappa shape index (κ1) is 18.0. The van der Waals surface area contributed by atoms with E-state index in [9.17, 15) is 4.79 Å². The number of hydrogen-bond acceptors (Lipinski definition) is 5. The van der Waals surface area contributed by atoms with Gasteiger partial charge in [-0.25, -0.2) is 4.98 Å². The number of imidazole rings is 1. The van der Waals surface area contributed by atoms with Gasteiger partial charge in [0.25, 0.3) is 5.91 Å². The summed E-state index contributed by atoms with van der Waals surface area (Å²) in [7, 11) is 0. The van der Waals surface area contributed by atoms with Gasteiger partial charge in [-0.1, -0.05) is 11.6 Å². The normalized spacial score (nSPS) is 15.3. The molecule has 27 heavy (non-hydrogen) atoms. The molecule has 2 aromatic heterocycles. The number of halogens is 1. The van der Waals surface area contributed by atoms with Gasteiger partial charge >= 0.3 is 0 Å². The number of hydrogen-bond donors (Lipinski definition) is 2. The van der Waals surface area contributed by atoms with Crippen molar-refractivity contribution in [2.24, 2.45) is 0 Å².